The van der Waals surface area contributed by atoms with Crippen LogP contribution in [0.5, 0.6) is 0 Å². The van der Waals surface area contributed by atoms with E-state index in [4.69, 9.17) is 15.8 Å². The van der Waals surface area contributed by atoms with Crippen LogP contribution in [0.3, 0.4) is 0 Å². The van der Waals surface area contributed by atoms with Gasteiger partial charge in [-0.05, 0) is 0 Å². The molecule has 0 aliphatic carbocycles. The van der Waals surface area contributed by atoms with Gasteiger partial charge < -0.3 is 0 Å². The van der Waals surface area contributed by atoms with Gasteiger partial charge in [0.1, 0.15) is 0 Å². The molecule has 3 nitrogen and oxygen atoms in total. The zero-order valence-electron chi connectivity index (χ0n) is 7.31. The summed E-state index contributed by atoms with van der Waals surface area (Å²) in [6.07, 6.45) is -10.8. The molecule has 15 heavy (non-hydrogen) atoms. The van der Waals surface area contributed by atoms with Crippen LogP contribution in [0, 0.1) is 33.7 Å². The molecule has 0 aromatic heterocycles. The van der Waals surface area contributed by atoms with Crippen LogP contribution in [0.1, 0.15) is 0 Å². The Kier molecular flexibility index (Phi) is 6.50. The second-order valence-corrected chi connectivity index (χ2v) is 2.37. The van der Waals surface area contributed by atoms with Crippen molar-refractivity contribution in [3.63, 3.8) is 0 Å². The van der Waals surface area contributed by atoms with Gasteiger partial charge >= 0.3 is 81.2 Å². The molecule has 0 spiro atoms. The van der Waals surface area contributed by atoms with Gasteiger partial charge in [-0.25, -0.2) is 24.6 Å². The fourth-order valence-electron chi connectivity index (χ4n) is 0.575. The maximum atomic E-state index is 12.5. The van der Waals surface area contributed by atoms with E-state index in [0.717, 1.165) is 0 Å². The molecule has 0 heterocycles. The maximum Gasteiger partial charge on any atom is 1.00 e. The van der Waals surface area contributed by atoms with Gasteiger partial charge in [-0.2, -0.15) is 13.2 Å². The fourth-order valence-corrected chi connectivity index (χ4v) is 0.575. The molecule has 74 valence electrons. The normalized spacial score (nSPS) is 11.6. The van der Waals surface area contributed by atoms with E-state index in [2.05, 4.69) is 0 Å². The number of hydrogen-bond donors (Lipinski definition) is 0. The SMILES string of the molecule is N#C[B-](C#N)(C#N)C(F)(F)C(F)(F)F.[Cs+]. The summed E-state index contributed by atoms with van der Waals surface area (Å²) in [7, 11) is 0. The van der Waals surface area contributed by atoms with E-state index < -0.39 is 18.1 Å². The van der Waals surface area contributed by atoms with Gasteiger partial charge in [0.15, 0.2) is 0 Å². The predicted octanol–water partition coefficient (Wildman–Crippen LogP) is -1.64. The van der Waals surface area contributed by atoms with Crippen LogP contribution in [0.25, 0.3) is 0 Å². The second-order valence-electron chi connectivity index (χ2n) is 2.37. The summed E-state index contributed by atoms with van der Waals surface area (Å²) in [6, 6.07) is 0. The first-order valence-electron chi connectivity index (χ1n) is 3.02. The summed E-state index contributed by atoms with van der Waals surface area (Å²) in [5.41, 5.74) is 0. The first-order chi connectivity index (χ1) is 6.18. The summed E-state index contributed by atoms with van der Waals surface area (Å²) in [5.74, 6) is -4.32. The van der Waals surface area contributed by atoms with Gasteiger partial charge in [0.2, 0.25) is 0 Å². The van der Waals surface area contributed by atoms with Crippen molar-refractivity contribution in [3.05, 3.63) is 0 Å². The minimum Gasteiger partial charge on any atom is -0.247 e. The Balaban J connectivity index is 0. The van der Waals surface area contributed by atoms with Crippen molar-refractivity contribution >= 4 is 6.15 Å². The Morgan fingerprint density at radius 1 is 0.800 bits per heavy atom. The molecule has 0 rings (SSSR count). The number of halogens is 5. The Bertz CT molecular complexity index is 323. The molecular weight excluding hydrogens is 341 g/mol. The van der Waals surface area contributed by atoms with E-state index in [1.165, 1.54) is 0 Å². The average Bonchev–Trinajstić information content (AvgIpc) is 2.06. The monoisotopic (exact) mass is 341 g/mol. The van der Waals surface area contributed by atoms with Gasteiger partial charge in [0.25, 0.3) is 5.82 Å². The Morgan fingerprint density at radius 2 is 1.07 bits per heavy atom. The zero-order chi connectivity index (χ0) is 11.6. The summed E-state index contributed by atoms with van der Waals surface area (Å²) in [4.78, 5) is 0. The Hall–Kier alpha value is 0.237. The van der Waals surface area contributed by atoms with E-state index in [1.54, 1.807) is 0 Å². The first-order valence-corrected chi connectivity index (χ1v) is 3.02. The van der Waals surface area contributed by atoms with Crippen LogP contribution in [-0.2, 0) is 0 Å². The molecule has 0 amide bonds. The third-order valence-corrected chi connectivity index (χ3v) is 1.50. The standard InChI is InChI=1S/C5BF5N3.Cs/c7-4(8,5(9,10)11)6(1-12,2-13)3-14;/q-1;+1. The van der Waals surface area contributed by atoms with Crippen molar-refractivity contribution < 1.29 is 90.8 Å². The molecule has 0 aliphatic rings. The van der Waals surface area contributed by atoms with E-state index >= 15 is 0 Å². The third-order valence-electron chi connectivity index (χ3n) is 1.50. The minimum atomic E-state index is -6.09. The smallest absolute Gasteiger partial charge is 0.247 e. The molecule has 0 aromatic carbocycles. The summed E-state index contributed by atoms with van der Waals surface area (Å²) in [5, 5.41) is 24.1. The molecular formula is C5BCsF5N3. The average molecular weight is 341 g/mol. The van der Waals surface area contributed by atoms with Gasteiger partial charge in [-0.15, -0.1) is 17.9 Å². The third kappa shape index (κ3) is 2.87. The topological polar surface area (TPSA) is 71.4 Å². The van der Waals surface area contributed by atoms with Gasteiger partial charge in [0.05, 0.1) is 0 Å². The first kappa shape index (κ1) is 17.6. The molecule has 0 N–H and O–H groups in total. The quantitative estimate of drug-likeness (QED) is 0.425. The number of nitriles is 3. The molecule has 0 radical (unpaired) electrons. The molecule has 10 heteroatoms. The van der Waals surface area contributed by atoms with Crippen LogP contribution in [0.15, 0.2) is 0 Å². The Morgan fingerprint density at radius 3 is 1.13 bits per heavy atom. The molecule has 0 aromatic rings. The summed E-state index contributed by atoms with van der Waals surface area (Å²) < 4.78 is 60.1. The van der Waals surface area contributed by atoms with Crippen LogP contribution in [-0.4, -0.2) is 18.1 Å². The molecule has 0 unspecified atom stereocenters. The number of hydrogen-bond acceptors (Lipinski definition) is 3. The fraction of sp³-hybridized carbons (Fsp3) is 0.400. The van der Waals surface area contributed by atoms with E-state index in [9.17, 15) is 22.0 Å². The van der Waals surface area contributed by atoms with Crippen molar-refractivity contribution in [1.29, 1.82) is 15.8 Å². The van der Waals surface area contributed by atoms with Crippen molar-refractivity contribution in [1.82, 2.24) is 0 Å². The molecule has 0 saturated heterocycles. The number of alkyl halides is 5. The molecule has 0 atom stereocenters. The van der Waals surface area contributed by atoms with Crippen molar-refractivity contribution in [2.24, 2.45) is 0 Å². The summed E-state index contributed by atoms with van der Waals surface area (Å²) in [6.45, 7) is 0. The maximum absolute atomic E-state index is 12.5. The van der Waals surface area contributed by atoms with Crippen LogP contribution < -0.4 is 68.9 Å². The van der Waals surface area contributed by atoms with E-state index in [0.29, 0.717) is 17.9 Å². The molecule has 0 fully saturated rings. The number of nitrogens with zero attached hydrogens (tertiary/aromatic N) is 3. The van der Waals surface area contributed by atoms with Crippen molar-refractivity contribution in [2.75, 3.05) is 0 Å². The minimum absolute atomic E-state index is 0. The Labute approximate surface area is 140 Å². The predicted molar refractivity (Wildman–Crippen MR) is 33.6 cm³/mol. The van der Waals surface area contributed by atoms with Gasteiger partial charge in [0, 0.05) is 0 Å². The van der Waals surface area contributed by atoms with E-state index in [-0.39, 0.29) is 68.9 Å². The molecule has 0 bridgehead atoms. The summed E-state index contributed by atoms with van der Waals surface area (Å²) >= 11 is 0. The van der Waals surface area contributed by atoms with Crippen LogP contribution in [0.4, 0.5) is 22.0 Å². The zero-order valence-corrected chi connectivity index (χ0v) is 13.6. The largest absolute Gasteiger partial charge is 1.00 e. The van der Waals surface area contributed by atoms with E-state index in [1.807, 2.05) is 0 Å². The molecule has 0 aliphatic heterocycles. The van der Waals surface area contributed by atoms with Crippen molar-refractivity contribution in [2.45, 2.75) is 12.0 Å². The van der Waals surface area contributed by atoms with Crippen LogP contribution in [0.2, 0.25) is 0 Å². The van der Waals surface area contributed by atoms with Gasteiger partial charge in [-0.1, -0.05) is 0 Å². The van der Waals surface area contributed by atoms with Crippen molar-refractivity contribution in [3.8, 4) is 17.9 Å². The van der Waals surface area contributed by atoms with Gasteiger partial charge in [-0.3, -0.25) is 0 Å². The number of rotatable bonds is 1. The second kappa shape index (κ2) is 5.53. The molecule has 0 saturated carbocycles. The van der Waals surface area contributed by atoms with Crippen LogP contribution >= 0.6 is 0 Å².